The first-order valence-corrected chi connectivity index (χ1v) is 15.9. The standard InChI is InChI=1S/2C18H15P.2CO.3CH4.Rh.H2/c2*1-4-10-16(11-5-1)19(17-12-6-2-7-13-17)18-14-8-3-9-15-18;2*1-2;;;;;/h2*1-15H;;;3*1H4;;1H. The summed E-state index contributed by atoms with van der Waals surface area (Å²) in [6.45, 7) is 9.00. The Bertz CT molecular complexity index is 1280. The summed E-state index contributed by atoms with van der Waals surface area (Å²) in [6.07, 6.45) is 0. The molecule has 6 rings (SSSR count). The van der Waals surface area contributed by atoms with Crippen molar-refractivity contribution in [2.45, 2.75) is 22.3 Å². The molecular formula is C41H44O2P2Rh. The average Bonchev–Trinajstić information content (AvgIpc) is 3.10. The summed E-state index contributed by atoms with van der Waals surface area (Å²) in [7, 11) is -0.892. The van der Waals surface area contributed by atoms with E-state index in [1.165, 1.54) is 31.8 Å². The molecule has 0 bridgehead atoms. The van der Waals surface area contributed by atoms with Crippen LogP contribution in [0.15, 0.2) is 182 Å². The van der Waals surface area contributed by atoms with Crippen LogP contribution in [-0.4, -0.2) is 0 Å². The van der Waals surface area contributed by atoms with Gasteiger partial charge in [-0.3, -0.25) is 0 Å². The summed E-state index contributed by atoms with van der Waals surface area (Å²) in [5.41, 5.74) is 0. The molecule has 0 aliphatic heterocycles. The van der Waals surface area contributed by atoms with E-state index in [2.05, 4.69) is 195 Å². The molecule has 0 spiro atoms. The van der Waals surface area contributed by atoms with Crippen molar-refractivity contribution in [3.8, 4) is 0 Å². The van der Waals surface area contributed by atoms with Crippen LogP contribution in [0.2, 0.25) is 0 Å². The second-order valence-electron chi connectivity index (χ2n) is 8.68. The fourth-order valence-electron chi connectivity index (χ4n) is 4.36. The van der Waals surface area contributed by atoms with Crippen molar-refractivity contribution in [3.05, 3.63) is 195 Å². The van der Waals surface area contributed by atoms with E-state index in [4.69, 9.17) is 9.30 Å². The van der Waals surface area contributed by atoms with E-state index in [9.17, 15) is 0 Å². The van der Waals surface area contributed by atoms with Gasteiger partial charge in [-0.15, -0.1) is 0 Å². The first-order valence-electron chi connectivity index (χ1n) is 13.2. The maximum Gasteiger partial charge on any atom is 0 e. The molecule has 0 aliphatic rings. The van der Waals surface area contributed by atoms with E-state index in [0.717, 1.165) is 0 Å². The molecule has 0 aliphatic carbocycles. The summed E-state index contributed by atoms with van der Waals surface area (Å²) < 4.78 is 15.0. The number of rotatable bonds is 6. The first-order chi connectivity index (χ1) is 20.9. The van der Waals surface area contributed by atoms with Crippen LogP contribution >= 0.6 is 15.8 Å². The fourth-order valence-corrected chi connectivity index (χ4v) is 8.97. The third kappa shape index (κ3) is 13.3. The minimum absolute atomic E-state index is 0. The van der Waals surface area contributed by atoms with Crippen molar-refractivity contribution < 1.29 is 30.2 Å². The number of hydrogen-bond donors (Lipinski definition) is 0. The van der Waals surface area contributed by atoms with Gasteiger partial charge in [0.1, 0.15) is 0 Å². The van der Waals surface area contributed by atoms with Crippen LogP contribution in [0.1, 0.15) is 23.7 Å². The second kappa shape index (κ2) is 26.5. The van der Waals surface area contributed by atoms with Crippen LogP contribution in [0.5, 0.6) is 0 Å². The molecule has 2 nitrogen and oxygen atoms in total. The smallest absolute Gasteiger partial charge is 0 e. The maximum atomic E-state index is 7.50. The molecule has 0 unspecified atom stereocenters. The molecule has 0 atom stereocenters. The molecular weight excluding hydrogens is 689 g/mol. The van der Waals surface area contributed by atoms with Gasteiger partial charge in [0.2, 0.25) is 0 Å². The van der Waals surface area contributed by atoms with Gasteiger partial charge in [-0.1, -0.05) is 204 Å². The van der Waals surface area contributed by atoms with Crippen molar-refractivity contribution in [3.63, 3.8) is 0 Å². The maximum absolute atomic E-state index is 7.50. The van der Waals surface area contributed by atoms with Gasteiger partial charge >= 0.3 is 22.6 Å². The van der Waals surface area contributed by atoms with Gasteiger partial charge in [-0.05, 0) is 47.7 Å². The molecule has 5 heteroatoms. The Morgan fingerprint density at radius 2 is 0.391 bits per heavy atom. The van der Waals surface area contributed by atoms with Crippen molar-refractivity contribution in [2.24, 2.45) is 0 Å². The Morgan fingerprint density at radius 3 is 0.500 bits per heavy atom. The van der Waals surface area contributed by atoms with Crippen LogP contribution in [0.3, 0.4) is 0 Å². The molecule has 6 aromatic carbocycles. The van der Waals surface area contributed by atoms with Gasteiger partial charge in [-0.25, -0.2) is 0 Å². The molecule has 0 saturated heterocycles. The van der Waals surface area contributed by atoms with Crippen LogP contribution in [0.4, 0.5) is 0 Å². The predicted octanol–water partition coefficient (Wildman–Crippen LogP) is 8.97. The SMILES string of the molecule is C.C.C.[C-]#[O+].[C-]#[O+].[HH].[Rh].c1ccc(P(c2ccccc2)c2ccccc2)cc1.c1ccc(P(c2ccccc2)c2ccccc2)cc1. The largest absolute Gasteiger partial charge is 0.0622 e. The summed E-state index contributed by atoms with van der Waals surface area (Å²) in [5, 5.41) is 8.39. The molecule has 0 heterocycles. The van der Waals surface area contributed by atoms with Crippen LogP contribution in [-0.2, 0) is 28.8 Å². The molecule has 0 saturated carbocycles. The van der Waals surface area contributed by atoms with Crippen molar-refractivity contribution in [1.82, 2.24) is 0 Å². The van der Waals surface area contributed by atoms with Gasteiger partial charge in [-0.2, -0.15) is 0 Å². The van der Waals surface area contributed by atoms with Crippen LogP contribution < -0.4 is 31.8 Å². The van der Waals surface area contributed by atoms with Gasteiger partial charge in [0, 0.05) is 20.9 Å². The van der Waals surface area contributed by atoms with Crippen molar-refractivity contribution in [2.75, 3.05) is 0 Å². The van der Waals surface area contributed by atoms with Gasteiger partial charge in [0.05, 0.1) is 0 Å². The fraction of sp³-hybridized carbons (Fsp3) is 0.0732. The third-order valence-corrected chi connectivity index (χ3v) is 11.0. The predicted molar refractivity (Wildman–Crippen MR) is 200 cm³/mol. The van der Waals surface area contributed by atoms with Crippen LogP contribution in [0, 0.1) is 13.3 Å². The summed E-state index contributed by atoms with van der Waals surface area (Å²) >= 11 is 0. The Morgan fingerprint density at radius 1 is 0.283 bits per heavy atom. The summed E-state index contributed by atoms with van der Waals surface area (Å²) in [4.78, 5) is 0. The minimum atomic E-state index is -0.446. The van der Waals surface area contributed by atoms with Crippen molar-refractivity contribution >= 4 is 47.7 Å². The van der Waals surface area contributed by atoms with Gasteiger partial charge < -0.3 is 0 Å². The molecule has 1 radical (unpaired) electrons. The zero-order valence-electron chi connectivity index (χ0n) is 23.4. The van der Waals surface area contributed by atoms with E-state index in [1.54, 1.807) is 0 Å². The van der Waals surface area contributed by atoms with Crippen molar-refractivity contribution in [1.29, 1.82) is 0 Å². The summed E-state index contributed by atoms with van der Waals surface area (Å²) in [5.74, 6) is 0. The zero-order valence-corrected chi connectivity index (χ0v) is 26.8. The Kier molecular flexibility index (Phi) is 25.6. The molecule has 239 valence electrons. The number of hydrogen-bond acceptors (Lipinski definition) is 0. The molecule has 0 fully saturated rings. The van der Waals surface area contributed by atoms with Gasteiger partial charge in [0.25, 0.3) is 0 Å². The molecule has 0 amide bonds. The van der Waals surface area contributed by atoms with Gasteiger partial charge in [0.15, 0.2) is 0 Å². The zero-order chi connectivity index (χ0) is 29.8. The van der Waals surface area contributed by atoms with E-state index in [1.807, 2.05) is 0 Å². The molecule has 0 aromatic heterocycles. The summed E-state index contributed by atoms with van der Waals surface area (Å²) in [6, 6.07) is 64.7. The van der Waals surface area contributed by atoms with E-state index < -0.39 is 15.8 Å². The average molecular weight is 734 g/mol. The topological polar surface area (TPSA) is 39.8 Å². The van der Waals surface area contributed by atoms with E-state index >= 15 is 0 Å². The third-order valence-electron chi connectivity index (χ3n) is 6.09. The normalized spacial score (nSPS) is 8.83. The Balaban J connectivity index is -0.000000680. The molecule has 46 heavy (non-hydrogen) atoms. The quantitative estimate of drug-likeness (QED) is 0.0710. The van der Waals surface area contributed by atoms with E-state index in [-0.39, 0.29) is 43.2 Å². The Hall–Kier alpha value is -3.72. The van der Waals surface area contributed by atoms with E-state index in [0.29, 0.717) is 0 Å². The molecule has 0 N–H and O–H groups in total. The number of benzene rings is 6. The minimum Gasteiger partial charge on any atom is -0.0622 e. The Labute approximate surface area is 294 Å². The first kappa shape index (κ1) is 44.4. The molecule has 6 aromatic rings. The second-order valence-corrected chi connectivity index (χ2v) is 13.1. The monoisotopic (exact) mass is 733 g/mol. The van der Waals surface area contributed by atoms with Crippen LogP contribution in [0.25, 0.3) is 0 Å².